The van der Waals surface area contributed by atoms with E-state index in [2.05, 4.69) is 22.2 Å². The maximum absolute atomic E-state index is 9.93. The molecule has 0 aliphatic heterocycles. The summed E-state index contributed by atoms with van der Waals surface area (Å²) in [4.78, 5) is 2.67. The Hall–Kier alpha value is -2.29. The van der Waals surface area contributed by atoms with Crippen LogP contribution < -0.4 is 0 Å². The Morgan fingerprint density at radius 3 is 2.79 bits per heavy atom. The third-order valence-electron chi connectivity index (χ3n) is 3.52. The molecule has 4 heteroatoms. The lowest BCUT2D eigenvalue weighted by Gasteiger charge is -2.10. The van der Waals surface area contributed by atoms with Crippen molar-refractivity contribution in [3.63, 3.8) is 0 Å². The Labute approximate surface area is 111 Å². The van der Waals surface area contributed by atoms with Gasteiger partial charge in [-0.25, -0.2) is 0 Å². The molecule has 4 nitrogen and oxygen atoms in total. The second-order valence-electron chi connectivity index (χ2n) is 4.68. The highest BCUT2D eigenvalue weighted by atomic mass is 16.3. The number of fused-ring (bicyclic) bond motifs is 3. The highest BCUT2D eigenvalue weighted by Gasteiger charge is 2.19. The third kappa shape index (κ3) is 2.08. The van der Waals surface area contributed by atoms with Crippen LogP contribution in [0.2, 0.25) is 0 Å². The van der Waals surface area contributed by atoms with Crippen LogP contribution in [-0.4, -0.2) is 11.7 Å². The SMILES string of the molecule is [N-]=[N+]=NC[C@H](O)c1ccc2c(c1)Cc1ccccc1-2. The fourth-order valence-electron chi connectivity index (χ4n) is 2.59. The zero-order chi connectivity index (χ0) is 13.2. The minimum atomic E-state index is -0.732. The van der Waals surface area contributed by atoms with Crippen molar-refractivity contribution in [1.82, 2.24) is 0 Å². The van der Waals surface area contributed by atoms with Gasteiger partial charge in [0.1, 0.15) is 0 Å². The maximum Gasteiger partial charge on any atom is 0.0846 e. The highest BCUT2D eigenvalue weighted by Crippen LogP contribution is 2.37. The summed E-state index contributed by atoms with van der Waals surface area (Å²) in [6.45, 7) is 0.0717. The number of azide groups is 1. The quantitative estimate of drug-likeness (QED) is 0.431. The molecule has 1 N–H and O–H groups in total. The van der Waals surface area contributed by atoms with Gasteiger partial charge in [0.15, 0.2) is 0 Å². The van der Waals surface area contributed by atoms with Gasteiger partial charge in [-0.15, -0.1) is 0 Å². The summed E-state index contributed by atoms with van der Waals surface area (Å²) in [5, 5.41) is 13.3. The van der Waals surface area contributed by atoms with Crippen LogP contribution in [0, 0.1) is 0 Å². The molecule has 0 radical (unpaired) electrons. The molecular formula is C15H13N3O. The van der Waals surface area contributed by atoms with Crippen molar-refractivity contribution in [2.45, 2.75) is 12.5 Å². The van der Waals surface area contributed by atoms with Crippen molar-refractivity contribution in [1.29, 1.82) is 0 Å². The number of aliphatic hydroxyl groups excluding tert-OH is 1. The van der Waals surface area contributed by atoms with E-state index >= 15 is 0 Å². The van der Waals surface area contributed by atoms with Crippen LogP contribution in [-0.2, 0) is 6.42 Å². The summed E-state index contributed by atoms with van der Waals surface area (Å²) >= 11 is 0. The van der Waals surface area contributed by atoms with E-state index in [-0.39, 0.29) is 6.54 Å². The van der Waals surface area contributed by atoms with Crippen molar-refractivity contribution in [2.24, 2.45) is 5.11 Å². The number of hydrogen-bond acceptors (Lipinski definition) is 2. The summed E-state index contributed by atoms with van der Waals surface area (Å²) in [6, 6.07) is 14.3. The van der Waals surface area contributed by atoms with E-state index < -0.39 is 6.10 Å². The molecule has 1 atom stereocenters. The van der Waals surface area contributed by atoms with Crippen LogP contribution in [0.3, 0.4) is 0 Å². The monoisotopic (exact) mass is 251 g/mol. The van der Waals surface area contributed by atoms with E-state index in [9.17, 15) is 5.11 Å². The molecule has 0 unspecified atom stereocenters. The minimum absolute atomic E-state index is 0.0717. The molecule has 0 aromatic heterocycles. The third-order valence-corrected chi connectivity index (χ3v) is 3.52. The first-order valence-electron chi connectivity index (χ1n) is 6.19. The van der Waals surface area contributed by atoms with Gasteiger partial charge < -0.3 is 5.11 Å². The molecule has 1 aliphatic rings. The first-order valence-corrected chi connectivity index (χ1v) is 6.19. The first kappa shape index (κ1) is 11.8. The maximum atomic E-state index is 9.93. The normalized spacial score (nSPS) is 13.3. The lowest BCUT2D eigenvalue weighted by Crippen LogP contribution is -2.01. The summed E-state index contributed by atoms with van der Waals surface area (Å²) in [5.74, 6) is 0. The topological polar surface area (TPSA) is 69.0 Å². The van der Waals surface area contributed by atoms with Crippen molar-refractivity contribution in [3.05, 3.63) is 69.6 Å². The van der Waals surface area contributed by atoms with Gasteiger partial charge in [0.25, 0.3) is 0 Å². The van der Waals surface area contributed by atoms with E-state index in [1.165, 1.54) is 22.3 Å². The average Bonchev–Trinajstić information content (AvgIpc) is 2.82. The molecule has 0 heterocycles. The molecule has 94 valence electrons. The summed E-state index contributed by atoms with van der Waals surface area (Å²) < 4.78 is 0. The molecule has 3 rings (SSSR count). The highest BCUT2D eigenvalue weighted by molar-refractivity contribution is 5.76. The second kappa shape index (κ2) is 4.76. The molecule has 0 fully saturated rings. The molecule has 0 saturated carbocycles. The van der Waals surface area contributed by atoms with E-state index in [4.69, 9.17) is 5.53 Å². The predicted molar refractivity (Wildman–Crippen MR) is 73.7 cm³/mol. The fourth-order valence-corrected chi connectivity index (χ4v) is 2.59. The van der Waals surface area contributed by atoms with Crippen molar-refractivity contribution >= 4 is 0 Å². The standard InChI is InChI=1S/C15H13N3O/c16-18-17-9-15(19)11-5-6-14-12(8-11)7-10-3-1-2-4-13(10)14/h1-6,8,15,19H,7,9H2/t15-/m0/s1. The predicted octanol–water partition coefficient (Wildman–Crippen LogP) is 3.60. The van der Waals surface area contributed by atoms with Crippen molar-refractivity contribution < 1.29 is 5.11 Å². The van der Waals surface area contributed by atoms with Crippen molar-refractivity contribution in [3.8, 4) is 11.1 Å². The van der Waals surface area contributed by atoms with Gasteiger partial charge >= 0.3 is 0 Å². The average molecular weight is 251 g/mol. The van der Waals surface area contributed by atoms with Gasteiger partial charge in [0.05, 0.1) is 12.6 Å². The number of rotatable bonds is 3. The smallest absolute Gasteiger partial charge is 0.0846 e. The molecular weight excluding hydrogens is 238 g/mol. The van der Waals surface area contributed by atoms with Gasteiger partial charge in [-0.1, -0.05) is 47.6 Å². The Balaban J connectivity index is 1.95. The van der Waals surface area contributed by atoms with Crippen molar-refractivity contribution in [2.75, 3.05) is 6.54 Å². The summed E-state index contributed by atoms with van der Waals surface area (Å²) in [6.07, 6.45) is 0.165. The van der Waals surface area contributed by atoms with Crippen LogP contribution in [0.1, 0.15) is 22.8 Å². The van der Waals surface area contributed by atoms with E-state index in [1.807, 2.05) is 30.3 Å². The largest absolute Gasteiger partial charge is 0.388 e. The van der Waals surface area contributed by atoms with Crippen LogP contribution in [0.4, 0.5) is 0 Å². The summed E-state index contributed by atoms with van der Waals surface area (Å²) in [7, 11) is 0. The molecule has 2 aromatic rings. The molecule has 0 bridgehead atoms. The molecule has 0 amide bonds. The van der Waals surface area contributed by atoms with E-state index in [1.54, 1.807) is 0 Å². The Morgan fingerprint density at radius 1 is 1.16 bits per heavy atom. The number of aliphatic hydroxyl groups is 1. The molecule has 1 aliphatic carbocycles. The Morgan fingerprint density at radius 2 is 1.95 bits per heavy atom. The molecule has 19 heavy (non-hydrogen) atoms. The Kier molecular flexibility index (Phi) is 2.95. The first-order chi connectivity index (χ1) is 9.29. The van der Waals surface area contributed by atoms with E-state index in [0.29, 0.717) is 0 Å². The van der Waals surface area contributed by atoms with E-state index in [0.717, 1.165) is 12.0 Å². The van der Waals surface area contributed by atoms with Gasteiger partial charge in [-0.05, 0) is 39.8 Å². The summed E-state index contributed by atoms with van der Waals surface area (Å²) in [5.41, 5.74) is 14.1. The Bertz CT molecular complexity index is 675. The van der Waals surface area contributed by atoms with Gasteiger partial charge in [0.2, 0.25) is 0 Å². The minimum Gasteiger partial charge on any atom is -0.388 e. The number of benzene rings is 2. The zero-order valence-corrected chi connectivity index (χ0v) is 10.3. The zero-order valence-electron chi connectivity index (χ0n) is 10.3. The fraction of sp³-hybridized carbons (Fsp3) is 0.200. The second-order valence-corrected chi connectivity index (χ2v) is 4.68. The van der Waals surface area contributed by atoms with Gasteiger partial charge in [-0.2, -0.15) is 0 Å². The lowest BCUT2D eigenvalue weighted by molar-refractivity contribution is 0.186. The number of nitrogens with zero attached hydrogens (tertiary/aromatic N) is 3. The molecule has 0 saturated heterocycles. The molecule has 2 aromatic carbocycles. The van der Waals surface area contributed by atoms with Gasteiger partial charge in [0, 0.05) is 4.91 Å². The van der Waals surface area contributed by atoms with Gasteiger partial charge in [-0.3, -0.25) is 0 Å². The van der Waals surface area contributed by atoms with Crippen LogP contribution in [0.25, 0.3) is 21.6 Å². The molecule has 0 spiro atoms. The van der Waals surface area contributed by atoms with Crippen LogP contribution in [0.5, 0.6) is 0 Å². The van der Waals surface area contributed by atoms with Crippen LogP contribution in [0.15, 0.2) is 47.6 Å². The van der Waals surface area contributed by atoms with Crippen LogP contribution >= 0.6 is 0 Å². The number of hydrogen-bond donors (Lipinski definition) is 1. The lowest BCUT2D eigenvalue weighted by atomic mass is 10.0.